The first-order chi connectivity index (χ1) is 9.33. The Bertz CT molecular complexity index is 413. The molecule has 0 aliphatic heterocycles. The van der Waals surface area contributed by atoms with Gasteiger partial charge in [0, 0.05) is 12.6 Å². The van der Waals surface area contributed by atoms with E-state index in [-0.39, 0.29) is 12.1 Å². The molecule has 1 aromatic carbocycles. The Balaban J connectivity index is 1.57. The molecule has 2 atom stereocenters. The minimum atomic E-state index is -0.158. The zero-order chi connectivity index (χ0) is 13.1. The molecule has 0 bridgehead atoms. The van der Waals surface area contributed by atoms with Crippen LogP contribution >= 0.6 is 0 Å². The summed E-state index contributed by atoms with van der Waals surface area (Å²) in [6, 6.07) is 9.25. The highest BCUT2D eigenvalue weighted by molar-refractivity contribution is 5.29. The maximum atomic E-state index is 10.1. The van der Waals surface area contributed by atoms with Gasteiger partial charge in [-0.1, -0.05) is 43.5 Å². The van der Waals surface area contributed by atoms with E-state index in [0.29, 0.717) is 0 Å². The molecule has 0 aromatic heterocycles. The van der Waals surface area contributed by atoms with E-state index in [1.54, 1.807) is 0 Å². The second-order valence-corrected chi connectivity index (χ2v) is 6.21. The van der Waals surface area contributed by atoms with Crippen molar-refractivity contribution in [1.29, 1.82) is 0 Å². The summed E-state index contributed by atoms with van der Waals surface area (Å²) in [5, 5.41) is 13.7. The summed E-state index contributed by atoms with van der Waals surface area (Å²) >= 11 is 0. The first kappa shape index (κ1) is 13.1. The van der Waals surface area contributed by atoms with Gasteiger partial charge in [-0.05, 0) is 42.7 Å². The highest BCUT2D eigenvalue weighted by Gasteiger charge is 2.24. The maximum absolute atomic E-state index is 10.1. The SMILES string of the molecule is OC1CCCCCC1NCc1cccc(C2CC2)c1. The van der Waals surface area contributed by atoms with Crippen LogP contribution in [0, 0.1) is 0 Å². The Kier molecular flexibility index (Phi) is 4.19. The number of hydrogen-bond donors (Lipinski definition) is 2. The van der Waals surface area contributed by atoms with Crippen molar-refractivity contribution in [2.75, 3.05) is 0 Å². The van der Waals surface area contributed by atoms with Crippen LogP contribution in [0.15, 0.2) is 24.3 Å². The van der Waals surface area contributed by atoms with E-state index in [0.717, 1.165) is 25.3 Å². The van der Waals surface area contributed by atoms with Crippen molar-refractivity contribution in [2.24, 2.45) is 0 Å². The molecule has 0 amide bonds. The predicted octanol–water partition coefficient (Wildman–Crippen LogP) is 3.35. The minimum absolute atomic E-state index is 0.158. The number of rotatable bonds is 4. The molecule has 0 radical (unpaired) electrons. The average molecular weight is 259 g/mol. The summed E-state index contributed by atoms with van der Waals surface area (Å²) in [5.74, 6) is 0.823. The third kappa shape index (κ3) is 3.58. The van der Waals surface area contributed by atoms with Crippen molar-refractivity contribution in [3.05, 3.63) is 35.4 Å². The largest absolute Gasteiger partial charge is 0.392 e. The van der Waals surface area contributed by atoms with Crippen molar-refractivity contribution in [2.45, 2.75) is 69.6 Å². The first-order valence-electron chi connectivity index (χ1n) is 7.83. The average Bonchev–Trinajstić information content (AvgIpc) is 3.25. The minimum Gasteiger partial charge on any atom is -0.392 e. The summed E-state index contributed by atoms with van der Waals surface area (Å²) in [6.07, 6.45) is 8.33. The fraction of sp³-hybridized carbons (Fsp3) is 0.647. The van der Waals surface area contributed by atoms with Gasteiger partial charge in [0.1, 0.15) is 0 Å². The van der Waals surface area contributed by atoms with E-state index in [1.165, 1.54) is 43.2 Å². The molecule has 2 fully saturated rings. The lowest BCUT2D eigenvalue weighted by atomic mass is 10.0. The standard InChI is InChI=1S/C17H25NO/c19-17-8-3-1-2-7-16(17)18-12-13-5-4-6-15(11-13)14-9-10-14/h4-6,11,14,16-19H,1-3,7-10,12H2. The Morgan fingerprint density at radius 3 is 2.74 bits per heavy atom. The van der Waals surface area contributed by atoms with Crippen LogP contribution < -0.4 is 5.32 Å². The smallest absolute Gasteiger partial charge is 0.0693 e. The fourth-order valence-electron chi connectivity index (χ4n) is 3.15. The monoisotopic (exact) mass is 259 g/mol. The van der Waals surface area contributed by atoms with Crippen molar-refractivity contribution < 1.29 is 5.11 Å². The molecule has 2 aliphatic rings. The highest BCUT2D eigenvalue weighted by Crippen LogP contribution is 2.40. The van der Waals surface area contributed by atoms with Gasteiger partial charge in [-0.25, -0.2) is 0 Å². The van der Waals surface area contributed by atoms with Gasteiger partial charge in [-0.15, -0.1) is 0 Å². The molecular formula is C17H25NO. The van der Waals surface area contributed by atoms with Crippen LogP contribution in [0.5, 0.6) is 0 Å². The number of aliphatic hydroxyl groups is 1. The summed E-state index contributed by atoms with van der Waals surface area (Å²) in [7, 11) is 0. The molecule has 2 nitrogen and oxygen atoms in total. The zero-order valence-electron chi connectivity index (χ0n) is 11.6. The van der Waals surface area contributed by atoms with Crippen molar-refractivity contribution in [3.8, 4) is 0 Å². The molecular weight excluding hydrogens is 234 g/mol. The molecule has 2 saturated carbocycles. The number of aliphatic hydroxyl groups excluding tert-OH is 1. The molecule has 104 valence electrons. The zero-order valence-corrected chi connectivity index (χ0v) is 11.6. The number of benzene rings is 1. The molecule has 1 aromatic rings. The van der Waals surface area contributed by atoms with E-state index in [4.69, 9.17) is 0 Å². The van der Waals surface area contributed by atoms with Gasteiger partial charge in [-0.2, -0.15) is 0 Å². The summed E-state index contributed by atoms with van der Waals surface area (Å²) < 4.78 is 0. The van der Waals surface area contributed by atoms with Gasteiger partial charge in [0.25, 0.3) is 0 Å². The second kappa shape index (κ2) is 6.06. The topological polar surface area (TPSA) is 32.3 Å². The normalized spacial score (nSPS) is 28.1. The van der Waals surface area contributed by atoms with Gasteiger partial charge < -0.3 is 10.4 Å². The maximum Gasteiger partial charge on any atom is 0.0693 e. The molecule has 0 saturated heterocycles. The second-order valence-electron chi connectivity index (χ2n) is 6.21. The molecule has 3 rings (SSSR count). The van der Waals surface area contributed by atoms with Crippen LogP contribution in [-0.2, 0) is 6.54 Å². The van der Waals surface area contributed by atoms with Gasteiger partial charge in [0.15, 0.2) is 0 Å². The lowest BCUT2D eigenvalue weighted by Crippen LogP contribution is -2.38. The molecule has 0 heterocycles. The molecule has 2 N–H and O–H groups in total. The Hall–Kier alpha value is -0.860. The van der Waals surface area contributed by atoms with Gasteiger partial charge >= 0.3 is 0 Å². The lowest BCUT2D eigenvalue weighted by molar-refractivity contribution is 0.119. The summed E-state index contributed by atoms with van der Waals surface area (Å²) in [6.45, 7) is 0.891. The van der Waals surface area contributed by atoms with Crippen LogP contribution in [0.3, 0.4) is 0 Å². The van der Waals surface area contributed by atoms with E-state index < -0.39 is 0 Å². The van der Waals surface area contributed by atoms with Crippen LogP contribution in [0.2, 0.25) is 0 Å². The van der Waals surface area contributed by atoms with Gasteiger partial charge in [0.2, 0.25) is 0 Å². The van der Waals surface area contributed by atoms with E-state index in [9.17, 15) is 5.11 Å². The molecule has 2 unspecified atom stereocenters. The van der Waals surface area contributed by atoms with E-state index >= 15 is 0 Å². The lowest BCUT2D eigenvalue weighted by Gasteiger charge is -2.22. The van der Waals surface area contributed by atoms with Crippen LogP contribution in [-0.4, -0.2) is 17.3 Å². The summed E-state index contributed by atoms with van der Waals surface area (Å²) in [4.78, 5) is 0. The Labute approximate surface area is 116 Å². The molecule has 2 heteroatoms. The van der Waals surface area contributed by atoms with Crippen molar-refractivity contribution in [1.82, 2.24) is 5.32 Å². The quantitative estimate of drug-likeness (QED) is 0.813. The summed E-state index contributed by atoms with van der Waals surface area (Å²) in [5.41, 5.74) is 2.86. The van der Waals surface area contributed by atoms with Gasteiger partial charge in [-0.3, -0.25) is 0 Å². The predicted molar refractivity (Wildman–Crippen MR) is 78.1 cm³/mol. The molecule has 0 spiro atoms. The number of nitrogens with one attached hydrogen (secondary N) is 1. The van der Waals surface area contributed by atoms with Crippen molar-refractivity contribution in [3.63, 3.8) is 0 Å². The fourth-order valence-corrected chi connectivity index (χ4v) is 3.15. The van der Waals surface area contributed by atoms with E-state index in [1.807, 2.05) is 0 Å². The van der Waals surface area contributed by atoms with Gasteiger partial charge in [0.05, 0.1) is 6.10 Å². The van der Waals surface area contributed by atoms with Crippen LogP contribution in [0.1, 0.15) is 62.0 Å². The van der Waals surface area contributed by atoms with Crippen LogP contribution in [0.25, 0.3) is 0 Å². The molecule has 19 heavy (non-hydrogen) atoms. The number of hydrogen-bond acceptors (Lipinski definition) is 2. The third-order valence-corrected chi connectivity index (χ3v) is 4.55. The third-order valence-electron chi connectivity index (χ3n) is 4.55. The van der Waals surface area contributed by atoms with Crippen molar-refractivity contribution >= 4 is 0 Å². The van der Waals surface area contributed by atoms with E-state index in [2.05, 4.69) is 29.6 Å². The Morgan fingerprint density at radius 2 is 1.89 bits per heavy atom. The first-order valence-corrected chi connectivity index (χ1v) is 7.83. The molecule has 2 aliphatic carbocycles. The van der Waals surface area contributed by atoms with Crippen LogP contribution in [0.4, 0.5) is 0 Å². The highest BCUT2D eigenvalue weighted by atomic mass is 16.3. The Morgan fingerprint density at radius 1 is 1.05 bits per heavy atom.